The summed E-state index contributed by atoms with van der Waals surface area (Å²) in [6, 6.07) is 1.10. The van der Waals surface area contributed by atoms with Gasteiger partial charge in [0, 0.05) is 12.6 Å². The molecule has 0 bridgehead atoms. The number of likely N-dealkylation sites (N-methyl/N-ethyl adjacent to an activating group) is 1. The fourth-order valence-corrected chi connectivity index (χ4v) is 2.70. The SMILES string of the molecule is CCNC(=O)[C@@H](C)NS(=O)(=O)c1ccc(F)c([N+](=O)[O-])c1. The number of nitro benzene ring substituents is 1. The van der Waals surface area contributed by atoms with Crippen LogP contribution in [0.2, 0.25) is 0 Å². The Balaban J connectivity index is 3.06. The Bertz CT molecular complexity index is 662. The topological polar surface area (TPSA) is 118 Å². The minimum atomic E-state index is -4.18. The molecule has 0 heterocycles. The second-order valence-corrected chi connectivity index (χ2v) is 5.82. The summed E-state index contributed by atoms with van der Waals surface area (Å²) in [6.07, 6.45) is 0. The van der Waals surface area contributed by atoms with E-state index in [0.29, 0.717) is 18.7 Å². The first kappa shape index (κ1) is 17.0. The minimum absolute atomic E-state index is 0.326. The van der Waals surface area contributed by atoms with Gasteiger partial charge >= 0.3 is 5.69 Å². The third-order valence-electron chi connectivity index (χ3n) is 2.50. The van der Waals surface area contributed by atoms with E-state index < -0.39 is 43.3 Å². The number of nitrogens with one attached hydrogen (secondary N) is 2. The number of hydrogen-bond acceptors (Lipinski definition) is 5. The Kier molecular flexibility index (Phi) is 5.33. The van der Waals surface area contributed by atoms with E-state index in [1.54, 1.807) is 6.92 Å². The molecule has 0 saturated heterocycles. The number of carbonyl (C=O) groups excluding carboxylic acids is 1. The first-order chi connectivity index (χ1) is 9.69. The zero-order valence-corrected chi connectivity index (χ0v) is 12.1. The zero-order chi connectivity index (χ0) is 16.2. The number of amides is 1. The molecule has 8 nitrogen and oxygen atoms in total. The van der Waals surface area contributed by atoms with Gasteiger partial charge in [-0.3, -0.25) is 14.9 Å². The number of sulfonamides is 1. The Morgan fingerprint density at radius 3 is 2.62 bits per heavy atom. The molecule has 2 N–H and O–H groups in total. The molecule has 21 heavy (non-hydrogen) atoms. The third kappa shape index (κ3) is 4.20. The van der Waals surface area contributed by atoms with Crippen LogP contribution in [0.25, 0.3) is 0 Å². The van der Waals surface area contributed by atoms with Crippen molar-refractivity contribution in [2.24, 2.45) is 0 Å². The number of hydrogen-bond donors (Lipinski definition) is 2. The predicted octanol–water partition coefficient (Wildman–Crippen LogP) is 0.537. The summed E-state index contributed by atoms with van der Waals surface area (Å²) in [5, 5.41) is 13.0. The van der Waals surface area contributed by atoms with Crippen LogP contribution in [0.3, 0.4) is 0 Å². The van der Waals surface area contributed by atoms with Gasteiger partial charge in [0.15, 0.2) is 0 Å². The second kappa shape index (κ2) is 6.59. The van der Waals surface area contributed by atoms with E-state index >= 15 is 0 Å². The molecule has 1 amide bonds. The number of halogens is 1. The van der Waals surface area contributed by atoms with Crippen LogP contribution < -0.4 is 10.0 Å². The molecule has 10 heteroatoms. The molecule has 116 valence electrons. The molecular weight excluding hydrogens is 305 g/mol. The van der Waals surface area contributed by atoms with Gasteiger partial charge in [-0.05, 0) is 26.0 Å². The van der Waals surface area contributed by atoms with Crippen LogP contribution in [0.15, 0.2) is 23.1 Å². The fourth-order valence-electron chi connectivity index (χ4n) is 1.48. The highest BCUT2D eigenvalue weighted by molar-refractivity contribution is 7.89. The van der Waals surface area contributed by atoms with Crippen molar-refractivity contribution in [2.45, 2.75) is 24.8 Å². The Hall–Kier alpha value is -2.07. The Morgan fingerprint density at radius 1 is 1.48 bits per heavy atom. The maximum Gasteiger partial charge on any atom is 0.306 e. The zero-order valence-electron chi connectivity index (χ0n) is 11.3. The Labute approximate surface area is 120 Å². The van der Waals surface area contributed by atoms with E-state index in [0.717, 1.165) is 6.07 Å². The fraction of sp³-hybridized carbons (Fsp3) is 0.364. The Morgan fingerprint density at radius 2 is 2.10 bits per heavy atom. The van der Waals surface area contributed by atoms with Gasteiger partial charge in [-0.25, -0.2) is 8.42 Å². The van der Waals surface area contributed by atoms with Crippen molar-refractivity contribution in [1.29, 1.82) is 0 Å². The summed E-state index contributed by atoms with van der Waals surface area (Å²) in [5.74, 6) is -1.69. The van der Waals surface area contributed by atoms with Crippen LogP contribution in [0.1, 0.15) is 13.8 Å². The highest BCUT2D eigenvalue weighted by Gasteiger charge is 2.25. The van der Waals surface area contributed by atoms with Gasteiger partial charge in [-0.15, -0.1) is 0 Å². The minimum Gasteiger partial charge on any atom is -0.355 e. The lowest BCUT2D eigenvalue weighted by molar-refractivity contribution is -0.387. The van der Waals surface area contributed by atoms with Crippen molar-refractivity contribution in [3.05, 3.63) is 34.1 Å². The summed E-state index contributed by atoms with van der Waals surface area (Å²) < 4.78 is 39.2. The van der Waals surface area contributed by atoms with Crippen LogP contribution in [0.5, 0.6) is 0 Å². The highest BCUT2D eigenvalue weighted by atomic mass is 32.2. The highest BCUT2D eigenvalue weighted by Crippen LogP contribution is 2.21. The molecule has 0 aliphatic heterocycles. The van der Waals surface area contributed by atoms with Crippen molar-refractivity contribution in [3.8, 4) is 0 Å². The van der Waals surface area contributed by atoms with Crippen LogP contribution in [0, 0.1) is 15.9 Å². The number of nitrogens with zero attached hydrogens (tertiary/aromatic N) is 1. The van der Waals surface area contributed by atoms with E-state index in [-0.39, 0.29) is 0 Å². The molecular formula is C11H14FN3O5S. The van der Waals surface area contributed by atoms with Crippen molar-refractivity contribution >= 4 is 21.6 Å². The third-order valence-corrected chi connectivity index (χ3v) is 4.04. The summed E-state index contributed by atoms with van der Waals surface area (Å²) in [7, 11) is -4.18. The standard InChI is InChI=1S/C11H14FN3O5S/c1-3-13-11(16)7(2)14-21(19,20)8-4-5-9(12)10(6-8)15(17)18/h4-7,14H,3H2,1-2H3,(H,13,16)/t7-/m1/s1. The second-order valence-electron chi connectivity index (χ2n) is 4.11. The van der Waals surface area contributed by atoms with Gasteiger partial charge < -0.3 is 5.32 Å². The quantitative estimate of drug-likeness (QED) is 0.586. The maximum atomic E-state index is 13.2. The largest absolute Gasteiger partial charge is 0.355 e. The lowest BCUT2D eigenvalue weighted by atomic mass is 10.3. The van der Waals surface area contributed by atoms with Crippen molar-refractivity contribution in [2.75, 3.05) is 6.54 Å². The van der Waals surface area contributed by atoms with E-state index in [2.05, 4.69) is 10.0 Å². The van der Waals surface area contributed by atoms with Crippen molar-refractivity contribution in [1.82, 2.24) is 10.0 Å². The summed E-state index contributed by atoms with van der Waals surface area (Å²) in [6.45, 7) is 3.32. The lowest BCUT2D eigenvalue weighted by Crippen LogP contribution is -2.44. The van der Waals surface area contributed by atoms with Crippen LogP contribution in [-0.4, -0.2) is 31.8 Å². The average Bonchev–Trinajstić information content (AvgIpc) is 2.38. The molecule has 0 radical (unpaired) electrons. The summed E-state index contributed by atoms with van der Waals surface area (Å²) >= 11 is 0. The van der Waals surface area contributed by atoms with Crippen molar-refractivity contribution in [3.63, 3.8) is 0 Å². The number of nitro groups is 1. The molecule has 1 atom stereocenters. The molecule has 0 spiro atoms. The molecule has 0 aliphatic rings. The maximum absolute atomic E-state index is 13.2. The molecule has 1 aromatic rings. The smallest absolute Gasteiger partial charge is 0.306 e. The van der Waals surface area contributed by atoms with Gasteiger partial charge in [-0.2, -0.15) is 9.11 Å². The monoisotopic (exact) mass is 319 g/mol. The van der Waals surface area contributed by atoms with Crippen LogP contribution in [0.4, 0.5) is 10.1 Å². The summed E-state index contributed by atoms with van der Waals surface area (Å²) in [5.41, 5.74) is -0.955. The normalized spacial score (nSPS) is 12.7. The first-order valence-corrected chi connectivity index (χ1v) is 7.41. The van der Waals surface area contributed by atoms with Gasteiger partial charge in [0.05, 0.1) is 15.9 Å². The molecule has 0 aliphatic carbocycles. The van der Waals surface area contributed by atoms with Crippen LogP contribution >= 0.6 is 0 Å². The summed E-state index contributed by atoms with van der Waals surface area (Å²) in [4.78, 5) is 20.6. The van der Waals surface area contributed by atoms with Gasteiger partial charge in [0.25, 0.3) is 0 Å². The van der Waals surface area contributed by atoms with Gasteiger partial charge in [-0.1, -0.05) is 0 Å². The average molecular weight is 319 g/mol. The van der Waals surface area contributed by atoms with Gasteiger partial charge in [0.1, 0.15) is 0 Å². The lowest BCUT2D eigenvalue weighted by Gasteiger charge is -2.13. The van der Waals surface area contributed by atoms with Crippen LogP contribution in [-0.2, 0) is 14.8 Å². The molecule has 0 saturated carbocycles. The number of rotatable bonds is 6. The molecule has 1 rings (SSSR count). The molecule has 0 fully saturated rings. The van der Waals surface area contributed by atoms with Crippen molar-refractivity contribution < 1.29 is 22.5 Å². The predicted molar refractivity (Wildman–Crippen MR) is 71.5 cm³/mol. The van der Waals surface area contributed by atoms with Gasteiger partial charge in [0.2, 0.25) is 21.7 Å². The van der Waals surface area contributed by atoms with E-state index in [9.17, 15) is 27.7 Å². The number of benzene rings is 1. The molecule has 1 aromatic carbocycles. The first-order valence-electron chi connectivity index (χ1n) is 5.93. The van der Waals surface area contributed by atoms with E-state index in [4.69, 9.17) is 0 Å². The van der Waals surface area contributed by atoms with E-state index in [1.807, 2.05) is 0 Å². The van der Waals surface area contributed by atoms with E-state index in [1.165, 1.54) is 6.92 Å². The molecule has 0 unspecified atom stereocenters. The molecule has 0 aromatic heterocycles. The number of carbonyl (C=O) groups is 1.